The Labute approximate surface area is 85.3 Å². The lowest BCUT2D eigenvalue weighted by atomic mass is 10.3. The Balaban J connectivity index is 2.69. The summed E-state index contributed by atoms with van der Waals surface area (Å²) in [4.78, 5) is 26.4. The molecule has 1 heterocycles. The van der Waals surface area contributed by atoms with Crippen LogP contribution in [0.3, 0.4) is 0 Å². The van der Waals surface area contributed by atoms with Crippen molar-refractivity contribution < 1.29 is 9.59 Å². The average Bonchev–Trinajstić information content (AvgIpc) is 2.52. The second-order valence-electron chi connectivity index (χ2n) is 2.86. The fraction of sp³-hybridized carbons (Fsp3) is 0.375. The first kappa shape index (κ1) is 10.8. The minimum absolute atomic E-state index is 0.0659. The van der Waals surface area contributed by atoms with E-state index < -0.39 is 6.04 Å². The number of aromatic nitrogens is 1. The normalized spacial score (nSPS) is 12.2. The molecule has 0 saturated heterocycles. The predicted octanol–water partition coefficient (Wildman–Crippen LogP) is 0.631. The third kappa shape index (κ3) is 2.61. The molecular weight excluding hydrogens is 202 g/mol. The summed E-state index contributed by atoms with van der Waals surface area (Å²) >= 11 is 1.14. The number of nitrogens with one attached hydrogen (secondary N) is 1. The van der Waals surface area contributed by atoms with Crippen LogP contribution in [0, 0.1) is 0 Å². The molecule has 0 radical (unpaired) electrons. The second kappa shape index (κ2) is 4.30. The van der Waals surface area contributed by atoms with Crippen LogP contribution in [0.1, 0.15) is 23.5 Å². The van der Waals surface area contributed by atoms with Crippen molar-refractivity contribution in [1.29, 1.82) is 0 Å². The molecule has 3 N–H and O–H groups in total. The van der Waals surface area contributed by atoms with Gasteiger partial charge in [-0.3, -0.25) is 9.59 Å². The van der Waals surface area contributed by atoms with Crippen molar-refractivity contribution in [2.24, 2.45) is 5.73 Å². The molecule has 0 unspecified atom stereocenters. The van der Waals surface area contributed by atoms with Crippen LogP contribution in [0.2, 0.25) is 0 Å². The number of Topliss-reactive ketones (excluding diaryl/α,β-unsaturated/α-hetero) is 1. The molecule has 0 aliphatic carbocycles. The average molecular weight is 213 g/mol. The molecule has 1 aromatic rings. The van der Waals surface area contributed by atoms with Crippen molar-refractivity contribution in [2.45, 2.75) is 19.9 Å². The van der Waals surface area contributed by atoms with E-state index in [4.69, 9.17) is 5.73 Å². The quantitative estimate of drug-likeness (QED) is 0.721. The van der Waals surface area contributed by atoms with E-state index in [0.29, 0.717) is 10.0 Å². The monoisotopic (exact) mass is 213 g/mol. The van der Waals surface area contributed by atoms with Gasteiger partial charge in [-0.1, -0.05) is 11.3 Å². The summed E-state index contributed by atoms with van der Waals surface area (Å²) in [5.41, 5.74) is 5.35. The van der Waals surface area contributed by atoms with E-state index in [9.17, 15) is 9.59 Å². The van der Waals surface area contributed by atoms with Crippen molar-refractivity contribution >= 4 is 28.2 Å². The number of rotatable bonds is 3. The van der Waals surface area contributed by atoms with Gasteiger partial charge < -0.3 is 11.1 Å². The number of ketones is 1. The Bertz CT molecular complexity index is 359. The van der Waals surface area contributed by atoms with E-state index in [-0.39, 0.29) is 11.7 Å². The van der Waals surface area contributed by atoms with Crippen LogP contribution in [-0.2, 0) is 4.79 Å². The number of carbonyl (C=O) groups excluding carboxylic acids is 2. The number of carbonyl (C=O) groups is 2. The first-order chi connectivity index (χ1) is 6.50. The van der Waals surface area contributed by atoms with Crippen LogP contribution in [-0.4, -0.2) is 22.7 Å². The highest BCUT2D eigenvalue weighted by molar-refractivity contribution is 7.17. The van der Waals surface area contributed by atoms with Gasteiger partial charge in [0.1, 0.15) is 0 Å². The Morgan fingerprint density at radius 2 is 2.29 bits per heavy atom. The number of nitrogens with zero attached hydrogens (tertiary/aromatic N) is 1. The molecule has 0 spiro atoms. The number of nitrogens with two attached hydrogens (primary N) is 1. The van der Waals surface area contributed by atoms with Gasteiger partial charge >= 0.3 is 0 Å². The van der Waals surface area contributed by atoms with Crippen LogP contribution in [0.15, 0.2) is 6.20 Å². The van der Waals surface area contributed by atoms with E-state index in [1.807, 2.05) is 0 Å². The summed E-state index contributed by atoms with van der Waals surface area (Å²) in [6.07, 6.45) is 1.43. The summed E-state index contributed by atoms with van der Waals surface area (Å²) in [5.74, 6) is -0.377. The van der Waals surface area contributed by atoms with Gasteiger partial charge in [0.2, 0.25) is 5.91 Å². The summed E-state index contributed by atoms with van der Waals surface area (Å²) in [5, 5.41) is 2.91. The molecule has 14 heavy (non-hydrogen) atoms. The standard InChI is InChI=1S/C8H11N3O2S/c1-4(9)7(13)11-8-10-3-6(14-8)5(2)12/h3-4H,9H2,1-2H3,(H,10,11,13)/t4-/m0/s1. The lowest BCUT2D eigenvalue weighted by molar-refractivity contribution is -0.117. The molecule has 76 valence electrons. The predicted molar refractivity (Wildman–Crippen MR) is 54.4 cm³/mol. The van der Waals surface area contributed by atoms with Crippen molar-refractivity contribution in [1.82, 2.24) is 4.98 Å². The maximum Gasteiger partial charge on any atom is 0.242 e. The van der Waals surface area contributed by atoms with Gasteiger partial charge in [0.25, 0.3) is 0 Å². The number of thiazole rings is 1. The molecule has 1 atom stereocenters. The van der Waals surface area contributed by atoms with E-state index in [2.05, 4.69) is 10.3 Å². The maximum atomic E-state index is 11.1. The van der Waals surface area contributed by atoms with Crippen LogP contribution in [0.5, 0.6) is 0 Å². The maximum absolute atomic E-state index is 11.1. The highest BCUT2D eigenvalue weighted by Crippen LogP contribution is 2.18. The SMILES string of the molecule is CC(=O)c1cnc(NC(=O)[C@H](C)N)s1. The van der Waals surface area contributed by atoms with Crippen LogP contribution in [0.25, 0.3) is 0 Å². The number of hydrogen-bond donors (Lipinski definition) is 2. The smallest absolute Gasteiger partial charge is 0.242 e. The van der Waals surface area contributed by atoms with E-state index in [0.717, 1.165) is 11.3 Å². The highest BCUT2D eigenvalue weighted by Gasteiger charge is 2.11. The largest absolute Gasteiger partial charge is 0.320 e. The van der Waals surface area contributed by atoms with Crippen LogP contribution >= 0.6 is 11.3 Å². The minimum Gasteiger partial charge on any atom is -0.320 e. The molecule has 0 bridgehead atoms. The van der Waals surface area contributed by atoms with E-state index in [1.54, 1.807) is 6.92 Å². The zero-order chi connectivity index (χ0) is 10.7. The Kier molecular flexibility index (Phi) is 3.32. The zero-order valence-corrected chi connectivity index (χ0v) is 8.72. The Morgan fingerprint density at radius 1 is 1.64 bits per heavy atom. The molecule has 0 saturated carbocycles. The minimum atomic E-state index is -0.584. The van der Waals surface area contributed by atoms with Crippen molar-refractivity contribution in [3.8, 4) is 0 Å². The van der Waals surface area contributed by atoms with Gasteiger partial charge in [-0.05, 0) is 6.92 Å². The summed E-state index contributed by atoms with van der Waals surface area (Å²) < 4.78 is 0. The van der Waals surface area contributed by atoms with E-state index >= 15 is 0 Å². The topological polar surface area (TPSA) is 85.1 Å². The van der Waals surface area contributed by atoms with Gasteiger partial charge in [-0.15, -0.1) is 0 Å². The first-order valence-electron chi connectivity index (χ1n) is 4.04. The fourth-order valence-electron chi connectivity index (χ4n) is 0.714. The molecule has 6 heteroatoms. The Morgan fingerprint density at radius 3 is 2.71 bits per heavy atom. The van der Waals surface area contributed by atoms with E-state index in [1.165, 1.54) is 13.1 Å². The first-order valence-corrected chi connectivity index (χ1v) is 4.85. The summed E-state index contributed by atoms with van der Waals surface area (Å²) in [6.45, 7) is 3.03. The fourth-order valence-corrected chi connectivity index (χ4v) is 1.43. The molecule has 1 aromatic heterocycles. The van der Waals surface area contributed by atoms with Crippen LogP contribution < -0.4 is 11.1 Å². The molecule has 0 aliphatic heterocycles. The van der Waals surface area contributed by atoms with Gasteiger partial charge in [-0.2, -0.15) is 0 Å². The molecule has 1 amide bonds. The molecule has 1 rings (SSSR count). The second-order valence-corrected chi connectivity index (χ2v) is 3.89. The van der Waals surface area contributed by atoms with Crippen molar-refractivity contribution in [2.75, 3.05) is 5.32 Å². The summed E-state index contributed by atoms with van der Waals surface area (Å²) in [7, 11) is 0. The highest BCUT2D eigenvalue weighted by atomic mass is 32.1. The Hall–Kier alpha value is -1.27. The molecular formula is C8H11N3O2S. The van der Waals surface area contributed by atoms with Gasteiger partial charge in [0.05, 0.1) is 17.1 Å². The van der Waals surface area contributed by atoms with Gasteiger partial charge in [0.15, 0.2) is 10.9 Å². The number of amides is 1. The lowest BCUT2D eigenvalue weighted by Gasteiger charge is -2.02. The lowest BCUT2D eigenvalue weighted by Crippen LogP contribution is -2.32. The molecule has 0 fully saturated rings. The van der Waals surface area contributed by atoms with Crippen molar-refractivity contribution in [3.05, 3.63) is 11.1 Å². The van der Waals surface area contributed by atoms with Crippen molar-refractivity contribution in [3.63, 3.8) is 0 Å². The summed E-state index contributed by atoms with van der Waals surface area (Å²) in [6, 6.07) is -0.584. The number of anilines is 1. The van der Waals surface area contributed by atoms with Crippen LogP contribution in [0.4, 0.5) is 5.13 Å². The van der Waals surface area contributed by atoms with Gasteiger partial charge in [-0.25, -0.2) is 4.98 Å². The third-order valence-corrected chi connectivity index (χ3v) is 2.51. The van der Waals surface area contributed by atoms with Gasteiger partial charge in [0, 0.05) is 6.92 Å². The molecule has 5 nitrogen and oxygen atoms in total. The third-order valence-electron chi connectivity index (χ3n) is 1.50. The zero-order valence-electron chi connectivity index (χ0n) is 7.90. The number of hydrogen-bond acceptors (Lipinski definition) is 5. The molecule has 0 aromatic carbocycles. The molecule has 0 aliphatic rings.